The molecule has 1 aliphatic heterocycles. The van der Waals surface area contributed by atoms with Gasteiger partial charge in [-0.1, -0.05) is 17.7 Å². The summed E-state index contributed by atoms with van der Waals surface area (Å²) in [6.07, 6.45) is 1.71. The van der Waals surface area contributed by atoms with Crippen LogP contribution in [0.4, 0.5) is 0 Å². The van der Waals surface area contributed by atoms with Gasteiger partial charge in [-0.3, -0.25) is 4.90 Å². The first-order valence-corrected chi connectivity index (χ1v) is 9.01. The van der Waals surface area contributed by atoms with Crippen LogP contribution in [-0.4, -0.2) is 72.5 Å². The lowest BCUT2D eigenvalue weighted by Crippen LogP contribution is -2.52. The number of nitrogens with one attached hydrogen (secondary N) is 2. The van der Waals surface area contributed by atoms with Crippen molar-refractivity contribution in [3.63, 3.8) is 0 Å². The monoisotopic (exact) mass is 369 g/mol. The van der Waals surface area contributed by atoms with E-state index in [0.29, 0.717) is 30.7 Å². The number of aliphatic hydroxyl groups is 1. The minimum Gasteiger partial charge on any atom is -0.387 e. The van der Waals surface area contributed by atoms with Crippen molar-refractivity contribution in [2.24, 2.45) is 4.99 Å². The average Bonchev–Trinajstić information content (AvgIpc) is 2.59. The van der Waals surface area contributed by atoms with Crippen molar-refractivity contribution < 1.29 is 9.84 Å². The van der Waals surface area contributed by atoms with Crippen LogP contribution in [0.2, 0.25) is 5.15 Å². The molecule has 0 radical (unpaired) electrons. The molecule has 3 N–H and O–H groups in total. The molecule has 1 aromatic rings. The highest BCUT2D eigenvalue weighted by atomic mass is 35.5. The normalized spacial score (nSPS) is 18.6. The molecule has 0 spiro atoms. The number of guanidine groups is 1. The molecular weight excluding hydrogens is 342 g/mol. The summed E-state index contributed by atoms with van der Waals surface area (Å²) in [4.78, 5) is 10.8. The van der Waals surface area contributed by atoms with Gasteiger partial charge in [0.15, 0.2) is 5.96 Å². The number of hydrogen-bond acceptors (Lipinski definition) is 5. The molecule has 0 bridgehead atoms. The second kappa shape index (κ2) is 9.91. The van der Waals surface area contributed by atoms with Crippen LogP contribution in [-0.2, 0) is 11.3 Å². The van der Waals surface area contributed by atoms with Gasteiger partial charge in [-0.15, -0.1) is 0 Å². The van der Waals surface area contributed by atoms with E-state index < -0.39 is 5.60 Å². The highest BCUT2D eigenvalue weighted by Gasteiger charge is 2.25. The standard InChI is InChI=1S/C17H28ClN5O2/c1-3-19-16(21-11-14-4-5-15(18)20-10-14)22-12-17(2,24)13-23-6-8-25-9-7-23/h4-5,10,24H,3,6-9,11-13H2,1-2H3,(H2,19,21,22). The summed E-state index contributed by atoms with van der Waals surface area (Å²) >= 11 is 5.79. The number of morpholine rings is 1. The average molecular weight is 370 g/mol. The van der Waals surface area contributed by atoms with Gasteiger partial charge in [0.2, 0.25) is 0 Å². The Morgan fingerprint density at radius 3 is 2.80 bits per heavy atom. The van der Waals surface area contributed by atoms with Crippen LogP contribution in [0.3, 0.4) is 0 Å². The fourth-order valence-corrected chi connectivity index (χ4v) is 2.69. The first kappa shape index (κ1) is 19.9. The number of aromatic nitrogens is 1. The van der Waals surface area contributed by atoms with Crippen LogP contribution in [0, 0.1) is 0 Å². The topological polar surface area (TPSA) is 82.0 Å². The van der Waals surface area contributed by atoms with Crippen molar-refractivity contribution in [3.8, 4) is 0 Å². The number of pyridine rings is 1. The molecule has 0 aromatic carbocycles. The van der Waals surface area contributed by atoms with Crippen molar-refractivity contribution in [2.75, 3.05) is 45.9 Å². The van der Waals surface area contributed by atoms with Gasteiger partial charge in [0.05, 0.1) is 25.4 Å². The summed E-state index contributed by atoms with van der Waals surface area (Å²) in [5, 5.41) is 17.5. The lowest BCUT2D eigenvalue weighted by Gasteiger charge is -2.34. The van der Waals surface area contributed by atoms with E-state index in [2.05, 4.69) is 25.5 Å². The van der Waals surface area contributed by atoms with Crippen molar-refractivity contribution in [1.29, 1.82) is 0 Å². The lowest BCUT2D eigenvalue weighted by molar-refractivity contribution is -0.0201. The molecule has 140 valence electrons. The Morgan fingerprint density at radius 1 is 1.40 bits per heavy atom. The van der Waals surface area contributed by atoms with Gasteiger partial charge < -0.3 is 20.5 Å². The van der Waals surface area contributed by atoms with Gasteiger partial charge in [-0.25, -0.2) is 9.98 Å². The second-order valence-corrected chi connectivity index (χ2v) is 6.81. The van der Waals surface area contributed by atoms with Gasteiger partial charge in [-0.2, -0.15) is 0 Å². The van der Waals surface area contributed by atoms with Gasteiger partial charge in [0.1, 0.15) is 5.15 Å². The van der Waals surface area contributed by atoms with Crippen LogP contribution in [0.15, 0.2) is 23.3 Å². The molecule has 7 nitrogen and oxygen atoms in total. The van der Waals surface area contributed by atoms with Gasteiger partial charge in [0.25, 0.3) is 0 Å². The third-order valence-corrected chi connectivity index (χ3v) is 4.08. The first-order valence-electron chi connectivity index (χ1n) is 8.63. The molecule has 1 unspecified atom stereocenters. The van der Waals surface area contributed by atoms with Gasteiger partial charge in [-0.05, 0) is 25.5 Å². The number of rotatable bonds is 7. The summed E-state index contributed by atoms with van der Waals surface area (Å²) in [5.74, 6) is 0.666. The number of halogens is 1. The van der Waals surface area contributed by atoms with E-state index in [1.165, 1.54) is 0 Å². The third-order valence-electron chi connectivity index (χ3n) is 3.86. The van der Waals surface area contributed by atoms with Crippen LogP contribution < -0.4 is 10.6 Å². The van der Waals surface area contributed by atoms with E-state index in [4.69, 9.17) is 16.3 Å². The molecule has 0 aliphatic carbocycles. The quantitative estimate of drug-likeness (QED) is 0.376. The minimum atomic E-state index is -0.852. The SMILES string of the molecule is CCNC(=NCc1ccc(Cl)nc1)NCC(C)(O)CN1CCOCC1. The predicted molar refractivity (Wildman–Crippen MR) is 99.9 cm³/mol. The van der Waals surface area contributed by atoms with Crippen molar-refractivity contribution in [1.82, 2.24) is 20.5 Å². The van der Waals surface area contributed by atoms with E-state index in [1.807, 2.05) is 19.9 Å². The fourth-order valence-electron chi connectivity index (χ4n) is 2.58. The molecule has 8 heteroatoms. The van der Waals surface area contributed by atoms with Crippen LogP contribution in [0.25, 0.3) is 0 Å². The Kier molecular flexibility index (Phi) is 7.90. The predicted octanol–water partition coefficient (Wildman–Crippen LogP) is 0.873. The summed E-state index contributed by atoms with van der Waals surface area (Å²) < 4.78 is 5.34. The Morgan fingerprint density at radius 2 is 2.16 bits per heavy atom. The maximum atomic E-state index is 10.6. The number of aliphatic imine (C=N–C) groups is 1. The van der Waals surface area contributed by atoms with E-state index in [-0.39, 0.29) is 0 Å². The minimum absolute atomic E-state index is 0.412. The van der Waals surface area contributed by atoms with E-state index in [0.717, 1.165) is 38.4 Å². The Labute approximate surface area is 154 Å². The van der Waals surface area contributed by atoms with Crippen molar-refractivity contribution in [3.05, 3.63) is 29.0 Å². The second-order valence-electron chi connectivity index (χ2n) is 6.42. The third kappa shape index (κ3) is 7.56. The van der Waals surface area contributed by atoms with Crippen LogP contribution in [0.5, 0.6) is 0 Å². The summed E-state index contributed by atoms with van der Waals surface area (Å²) in [6.45, 7) is 9.25. The number of hydrogen-bond donors (Lipinski definition) is 3. The Balaban J connectivity index is 1.86. The van der Waals surface area contributed by atoms with E-state index in [1.54, 1.807) is 12.3 Å². The largest absolute Gasteiger partial charge is 0.387 e. The molecule has 1 aromatic heterocycles. The molecule has 1 fully saturated rings. The smallest absolute Gasteiger partial charge is 0.191 e. The van der Waals surface area contributed by atoms with Crippen molar-refractivity contribution in [2.45, 2.75) is 26.0 Å². The summed E-state index contributed by atoms with van der Waals surface area (Å²) in [6, 6.07) is 3.65. The summed E-state index contributed by atoms with van der Waals surface area (Å²) in [5.41, 5.74) is 0.122. The number of nitrogens with zero attached hydrogens (tertiary/aromatic N) is 3. The molecular formula is C17H28ClN5O2. The van der Waals surface area contributed by atoms with Gasteiger partial charge >= 0.3 is 0 Å². The van der Waals surface area contributed by atoms with E-state index in [9.17, 15) is 5.11 Å². The highest BCUT2D eigenvalue weighted by Crippen LogP contribution is 2.08. The first-order chi connectivity index (χ1) is 12.0. The Hall–Kier alpha value is -1.41. The zero-order valence-corrected chi connectivity index (χ0v) is 15.7. The van der Waals surface area contributed by atoms with Crippen LogP contribution >= 0.6 is 11.6 Å². The maximum Gasteiger partial charge on any atom is 0.191 e. The van der Waals surface area contributed by atoms with Crippen LogP contribution in [0.1, 0.15) is 19.4 Å². The zero-order chi connectivity index (χ0) is 18.1. The Bertz CT molecular complexity index is 544. The summed E-state index contributed by atoms with van der Waals surface area (Å²) in [7, 11) is 0. The number of ether oxygens (including phenoxy) is 1. The zero-order valence-electron chi connectivity index (χ0n) is 15.0. The molecule has 0 amide bonds. The fraction of sp³-hybridized carbons (Fsp3) is 0.647. The molecule has 0 saturated carbocycles. The molecule has 1 saturated heterocycles. The molecule has 1 atom stereocenters. The van der Waals surface area contributed by atoms with Crippen molar-refractivity contribution >= 4 is 17.6 Å². The molecule has 2 rings (SSSR count). The lowest BCUT2D eigenvalue weighted by atomic mass is 10.1. The molecule has 2 heterocycles. The molecule has 1 aliphatic rings. The highest BCUT2D eigenvalue weighted by molar-refractivity contribution is 6.29. The molecule has 25 heavy (non-hydrogen) atoms. The number of β-amino-alcohol motifs (C(OH)–C–C–N with tert-alkyl or cyclic N) is 1. The van der Waals surface area contributed by atoms with Gasteiger partial charge in [0, 0.05) is 38.9 Å². The maximum absolute atomic E-state index is 10.6. The van der Waals surface area contributed by atoms with E-state index >= 15 is 0 Å².